The number of hydrogen-bond acceptors (Lipinski definition) is 6. The summed E-state index contributed by atoms with van der Waals surface area (Å²) in [6.45, 7) is 6.61. The molecule has 8 nitrogen and oxygen atoms in total. The summed E-state index contributed by atoms with van der Waals surface area (Å²) in [5.41, 5.74) is -1.82. The minimum Gasteiger partial charge on any atom is -0.450 e. The maximum Gasteiger partial charge on any atom is 0.342 e. The normalized spacial score (nSPS) is 29.0. The summed E-state index contributed by atoms with van der Waals surface area (Å²) in [7, 11) is 0. The fourth-order valence-corrected chi connectivity index (χ4v) is 2.44. The number of aliphatic imine (C=N–C) groups is 1. The monoisotopic (exact) mass is 283 g/mol. The molecule has 2 aliphatic rings. The first-order valence-electron chi connectivity index (χ1n) is 6.42. The largest absolute Gasteiger partial charge is 0.450 e. The molecule has 1 fully saturated rings. The van der Waals surface area contributed by atoms with Crippen molar-refractivity contribution in [2.24, 2.45) is 4.99 Å². The zero-order chi connectivity index (χ0) is 15.1. The van der Waals surface area contributed by atoms with Gasteiger partial charge in [0.1, 0.15) is 0 Å². The molecule has 0 saturated carbocycles. The van der Waals surface area contributed by atoms with Gasteiger partial charge in [0.2, 0.25) is 6.23 Å². The number of nitrogens with zero attached hydrogens (tertiary/aromatic N) is 3. The van der Waals surface area contributed by atoms with Crippen molar-refractivity contribution in [2.75, 3.05) is 13.1 Å². The third-order valence-corrected chi connectivity index (χ3v) is 3.21. The van der Waals surface area contributed by atoms with Gasteiger partial charge in [-0.25, -0.2) is 4.79 Å². The minimum absolute atomic E-state index is 0.165. The minimum atomic E-state index is -1.82. The van der Waals surface area contributed by atoms with Crippen molar-refractivity contribution in [3.63, 3.8) is 0 Å². The van der Waals surface area contributed by atoms with Crippen LogP contribution in [0.3, 0.4) is 0 Å². The van der Waals surface area contributed by atoms with Gasteiger partial charge < -0.3 is 9.47 Å². The van der Waals surface area contributed by atoms with E-state index in [9.17, 15) is 14.4 Å². The van der Waals surface area contributed by atoms with Gasteiger partial charge in [-0.05, 0) is 13.8 Å². The molecular weight excluding hydrogens is 266 g/mol. The number of esters is 1. The molecule has 0 bridgehead atoms. The van der Waals surface area contributed by atoms with Crippen LogP contribution in [0.5, 0.6) is 0 Å². The summed E-state index contributed by atoms with van der Waals surface area (Å²) in [5.74, 6) is -1.13. The molecule has 0 aromatic carbocycles. The molecule has 2 heterocycles. The van der Waals surface area contributed by atoms with Crippen LogP contribution in [0.1, 0.15) is 27.7 Å². The van der Waals surface area contributed by atoms with Crippen molar-refractivity contribution in [3.05, 3.63) is 0 Å². The molecular formula is C12H17N3O5. The number of carbonyl (C=O) groups excluding carboxylic acids is 3. The topological polar surface area (TPSA) is 88.5 Å². The van der Waals surface area contributed by atoms with E-state index in [0.29, 0.717) is 6.54 Å². The van der Waals surface area contributed by atoms with Crippen LogP contribution in [0.2, 0.25) is 0 Å². The lowest BCUT2D eigenvalue weighted by Crippen LogP contribution is -2.70. The van der Waals surface area contributed by atoms with Crippen LogP contribution in [-0.4, -0.2) is 58.6 Å². The van der Waals surface area contributed by atoms with Gasteiger partial charge in [-0.1, -0.05) is 0 Å². The van der Waals surface area contributed by atoms with E-state index in [0.717, 1.165) is 4.90 Å². The Morgan fingerprint density at radius 2 is 2.05 bits per heavy atom. The number of ether oxygens (including phenoxy) is 2. The summed E-state index contributed by atoms with van der Waals surface area (Å²) in [6.07, 6.45) is -1.04. The highest BCUT2D eigenvalue weighted by molar-refractivity contribution is 6.04. The van der Waals surface area contributed by atoms with Crippen molar-refractivity contribution < 1.29 is 23.9 Å². The average molecular weight is 283 g/mol. The number of hydrogen-bond donors (Lipinski definition) is 0. The Balaban J connectivity index is 2.53. The Bertz CT molecular complexity index is 503. The third kappa shape index (κ3) is 1.83. The molecule has 3 amide bonds. The Labute approximate surface area is 116 Å². The van der Waals surface area contributed by atoms with Crippen molar-refractivity contribution in [3.8, 4) is 0 Å². The van der Waals surface area contributed by atoms with Crippen LogP contribution in [0.25, 0.3) is 0 Å². The average Bonchev–Trinajstić information content (AvgIpc) is 2.68. The molecule has 0 N–H and O–H groups in total. The number of carbonyl (C=O) groups is 3. The molecule has 0 aromatic rings. The molecule has 0 aliphatic carbocycles. The predicted molar refractivity (Wildman–Crippen MR) is 67.6 cm³/mol. The zero-order valence-electron chi connectivity index (χ0n) is 11.9. The molecule has 0 radical (unpaired) electrons. The number of imide groups is 1. The van der Waals surface area contributed by atoms with Gasteiger partial charge in [0.05, 0.1) is 0 Å². The van der Waals surface area contributed by atoms with Crippen molar-refractivity contribution >= 4 is 23.8 Å². The number of rotatable bonds is 3. The molecule has 20 heavy (non-hydrogen) atoms. The first-order chi connectivity index (χ1) is 9.37. The van der Waals surface area contributed by atoms with E-state index in [4.69, 9.17) is 9.47 Å². The Morgan fingerprint density at radius 3 is 2.55 bits per heavy atom. The van der Waals surface area contributed by atoms with Crippen LogP contribution >= 0.6 is 0 Å². The summed E-state index contributed by atoms with van der Waals surface area (Å²) in [5, 5.41) is 0. The van der Waals surface area contributed by atoms with Gasteiger partial charge in [0.15, 0.2) is 5.90 Å². The zero-order valence-corrected chi connectivity index (χ0v) is 11.9. The van der Waals surface area contributed by atoms with E-state index in [-0.39, 0.29) is 12.4 Å². The number of urea groups is 1. The second-order valence-electron chi connectivity index (χ2n) is 4.51. The van der Waals surface area contributed by atoms with Gasteiger partial charge in [-0.15, -0.1) is 0 Å². The SMILES string of the molecule is CCN1C(=O)N(CC)C2OC(C)=NC2(OC(C)=O)C1=O. The van der Waals surface area contributed by atoms with Crippen molar-refractivity contribution in [2.45, 2.75) is 39.6 Å². The summed E-state index contributed by atoms with van der Waals surface area (Å²) >= 11 is 0. The number of likely N-dealkylation sites (N-methyl/N-ethyl adjacent to an activating group) is 2. The molecule has 2 aliphatic heterocycles. The smallest absolute Gasteiger partial charge is 0.342 e. The molecule has 110 valence electrons. The van der Waals surface area contributed by atoms with Crippen LogP contribution in [0.4, 0.5) is 4.79 Å². The fraction of sp³-hybridized carbons (Fsp3) is 0.667. The highest BCUT2D eigenvalue weighted by Crippen LogP contribution is 2.36. The van der Waals surface area contributed by atoms with E-state index in [1.807, 2.05) is 0 Å². The molecule has 2 unspecified atom stereocenters. The molecule has 8 heteroatoms. The second-order valence-corrected chi connectivity index (χ2v) is 4.51. The number of amides is 3. The molecule has 1 saturated heterocycles. The third-order valence-electron chi connectivity index (χ3n) is 3.21. The number of fused-ring (bicyclic) bond motifs is 1. The van der Waals surface area contributed by atoms with Gasteiger partial charge in [-0.2, -0.15) is 4.99 Å². The molecule has 2 atom stereocenters. The first-order valence-corrected chi connectivity index (χ1v) is 6.42. The first kappa shape index (κ1) is 14.3. The highest BCUT2D eigenvalue weighted by atomic mass is 16.6. The van der Waals surface area contributed by atoms with Crippen LogP contribution < -0.4 is 0 Å². The molecule has 0 spiro atoms. The lowest BCUT2D eigenvalue weighted by atomic mass is 10.1. The van der Waals surface area contributed by atoms with Gasteiger partial charge >= 0.3 is 23.6 Å². The molecule has 0 aromatic heterocycles. The van der Waals surface area contributed by atoms with E-state index < -0.39 is 29.9 Å². The summed E-state index contributed by atoms with van der Waals surface area (Å²) < 4.78 is 10.6. The maximum atomic E-state index is 12.5. The van der Waals surface area contributed by atoms with Gasteiger partial charge in [0.25, 0.3) is 0 Å². The van der Waals surface area contributed by atoms with E-state index in [1.165, 1.54) is 11.8 Å². The Hall–Kier alpha value is -2.12. The van der Waals surface area contributed by atoms with Crippen molar-refractivity contribution in [1.82, 2.24) is 9.80 Å². The Morgan fingerprint density at radius 1 is 1.40 bits per heavy atom. The lowest BCUT2D eigenvalue weighted by molar-refractivity contribution is -0.195. The van der Waals surface area contributed by atoms with Gasteiger partial charge in [0, 0.05) is 26.9 Å². The van der Waals surface area contributed by atoms with E-state index in [1.54, 1.807) is 20.8 Å². The van der Waals surface area contributed by atoms with Crippen LogP contribution in [0, 0.1) is 0 Å². The van der Waals surface area contributed by atoms with Gasteiger partial charge in [-0.3, -0.25) is 19.4 Å². The van der Waals surface area contributed by atoms with Crippen LogP contribution in [-0.2, 0) is 19.1 Å². The summed E-state index contributed by atoms with van der Waals surface area (Å²) in [6, 6.07) is -0.474. The quantitative estimate of drug-likeness (QED) is 0.696. The van der Waals surface area contributed by atoms with E-state index >= 15 is 0 Å². The van der Waals surface area contributed by atoms with E-state index in [2.05, 4.69) is 4.99 Å². The lowest BCUT2D eigenvalue weighted by Gasteiger charge is -2.43. The fourth-order valence-electron chi connectivity index (χ4n) is 2.44. The standard InChI is InChI=1S/C12H17N3O5/c1-5-14-9(17)12(20-8(4)16)10(19-7(3)13-12)15(6-2)11(14)18/h10H,5-6H2,1-4H3. The van der Waals surface area contributed by atoms with Crippen LogP contribution in [0.15, 0.2) is 4.99 Å². The summed E-state index contributed by atoms with van der Waals surface area (Å²) in [4.78, 5) is 42.5. The second kappa shape index (κ2) is 4.77. The Kier molecular flexibility index (Phi) is 3.41. The predicted octanol–water partition coefficient (Wildman–Crippen LogP) is 0.325. The maximum absolute atomic E-state index is 12.5. The highest BCUT2D eigenvalue weighted by Gasteiger charge is 2.64. The molecule has 2 rings (SSSR count). The van der Waals surface area contributed by atoms with Crippen molar-refractivity contribution in [1.29, 1.82) is 0 Å².